The van der Waals surface area contributed by atoms with Gasteiger partial charge in [0, 0.05) is 23.6 Å². The van der Waals surface area contributed by atoms with Crippen LogP contribution in [0.4, 0.5) is 4.39 Å². The Hall–Kier alpha value is -3.21. The van der Waals surface area contributed by atoms with E-state index < -0.39 is 5.82 Å². The van der Waals surface area contributed by atoms with Gasteiger partial charge in [0.25, 0.3) is 5.91 Å². The van der Waals surface area contributed by atoms with Gasteiger partial charge >= 0.3 is 0 Å². The van der Waals surface area contributed by atoms with Crippen molar-refractivity contribution in [3.63, 3.8) is 0 Å². The summed E-state index contributed by atoms with van der Waals surface area (Å²) in [5.74, 6) is 5.08. The lowest BCUT2D eigenvalue weighted by molar-refractivity contribution is -0.159. The summed E-state index contributed by atoms with van der Waals surface area (Å²) in [6.45, 7) is 0.794. The standard InChI is InChI=1S/C25H26FN3O3/c1-27(2)12-4-5-17-8-10-18(11-9-17)24-21-14-28(15-23(31)29(21)22(24)16-30)25(32)19-6-3-7-20(26)13-19/h3,6-11,13,21-22,24,30H,12,14-16H2,1-2H3/t21-,22-,24-/m1/s1. The minimum atomic E-state index is -0.489. The van der Waals surface area contributed by atoms with Gasteiger partial charge in [0.05, 0.1) is 25.2 Å². The maximum absolute atomic E-state index is 13.6. The van der Waals surface area contributed by atoms with Crippen molar-refractivity contribution in [3.8, 4) is 11.8 Å². The van der Waals surface area contributed by atoms with Gasteiger partial charge in [-0.15, -0.1) is 0 Å². The predicted octanol–water partition coefficient (Wildman–Crippen LogP) is 1.55. The molecular weight excluding hydrogens is 409 g/mol. The lowest BCUT2D eigenvalue weighted by Gasteiger charge is -2.58. The van der Waals surface area contributed by atoms with Gasteiger partial charge in [-0.05, 0) is 50.0 Å². The Morgan fingerprint density at radius 3 is 2.62 bits per heavy atom. The molecule has 0 unspecified atom stereocenters. The van der Waals surface area contributed by atoms with E-state index in [1.807, 2.05) is 43.3 Å². The first-order valence-electron chi connectivity index (χ1n) is 10.6. The molecule has 7 heteroatoms. The van der Waals surface area contributed by atoms with Crippen molar-refractivity contribution < 1.29 is 19.1 Å². The summed E-state index contributed by atoms with van der Waals surface area (Å²) in [4.78, 5) is 30.8. The molecule has 2 heterocycles. The zero-order valence-electron chi connectivity index (χ0n) is 18.2. The molecule has 2 fully saturated rings. The van der Waals surface area contributed by atoms with Gasteiger partial charge in [0.1, 0.15) is 12.4 Å². The Kier molecular flexibility index (Phi) is 6.26. The van der Waals surface area contributed by atoms with Crippen molar-refractivity contribution in [2.24, 2.45) is 0 Å². The quantitative estimate of drug-likeness (QED) is 0.741. The van der Waals surface area contributed by atoms with Gasteiger partial charge < -0.3 is 14.9 Å². The van der Waals surface area contributed by atoms with Crippen LogP contribution in [-0.4, -0.2) is 84.0 Å². The molecule has 32 heavy (non-hydrogen) atoms. The van der Waals surface area contributed by atoms with Gasteiger partial charge in [-0.2, -0.15) is 0 Å². The van der Waals surface area contributed by atoms with E-state index >= 15 is 0 Å². The molecular formula is C25H26FN3O3. The maximum Gasteiger partial charge on any atom is 0.254 e. The summed E-state index contributed by atoms with van der Waals surface area (Å²) < 4.78 is 13.6. The minimum absolute atomic E-state index is 0.0739. The highest BCUT2D eigenvalue weighted by Gasteiger charge is 2.54. The summed E-state index contributed by atoms with van der Waals surface area (Å²) >= 11 is 0. The van der Waals surface area contributed by atoms with Crippen molar-refractivity contribution >= 4 is 11.8 Å². The molecule has 0 radical (unpaired) electrons. The number of piperazine rings is 1. The normalized spacial score (nSPS) is 22.2. The smallest absolute Gasteiger partial charge is 0.254 e. The van der Waals surface area contributed by atoms with Crippen molar-refractivity contribution in [1.82, 2.24) is 14.7 Å². The number of aliphatic hydroxyl groups is 1. The third-order valence-electron chi connectivity index (χ3n) is 6.03. The number of aliphatic hydroxyl groups excluding tert-OH is 1. The predicted molar refractivity (Wildman–Crippen MR) is 118 cm³/mol. The lowest BCUT2D eigenvalue weighted by Crippen LogP contribution is -2.73. The molecule has 0 bridgehead atoms. The molecule has 2 aliphatic rings. The summed E-state index contributed by atoms with van der Waals surface area (Å²) in [6, 6.07) is 12.8. The molecule has 0 saturated carbocycles. The molecule has 4 rings (SSSR count). The third kappa shape index (κ3) is 4.24. The zero-order chi connectivity index (χ0) is 22.8. The molecule has 2 aliphatic heterocycles. The fraction of sp³-hybridized carbons (Fsp3) is 0.360. The minimum Gasteiger partial charge on any atom is -0.394 e. The zero-order valence-corrected chi connectivity index (χ0v) is 18.2. The molecule has 2 aromatic rings. The molecule has 2 amide bonds. The Morgan fingerprint density at radius 2 is 1.97 bits per heavy atom. The Bertz CT molecular complexity index is 1070. The number of rotatable bonds is 4. The summed E-state index contributed by atoms with van der Waals surface area (Å²) in [5.41, 5.74) is 2.12. The van der Waals surface area contributed by atoms with Gasteiger partial charge in [-0.25, -0.2) is 4.39 Å². The van der Waals surface area contributed by atoms with Crippen molar-refractivity contribution in [3.05, 3.63) is 71.0 Å². The van der Waals surface area contributed by atoms with Crippen LogP contribution in [0.25, 0.3) is 0 Å². The van der Waals surface area contributed by atoms with Crippen LogP contribution in [0.1, 0.15) is 27.4 Å². The molecule has 1 N–H and O–H groups in total. The van der Waals surface area contributed by atoms with Crippen LogP contribution < -0.4 is 0 Å². The van der Waals surface area contributed by atoms with Crippen molar-refractivity contribution in [2.75, 3.05) is 40.3 Å². The molecule has 0 aliphatic carbocycles. The summed E-state index contributed by atoms with van der Waals surface area (Å²) in [6.07, 6.45) is 0. The average Bonchev–Trinajstić information content (AvgIpc) is 2.75. The van der Waals surface area contributed by atoms with Gasteiger partial charge in [0.2, 0.25) is 5.91 Å². The molecule has 3 atom stereocenters. The summed E-state index contributed by atoms with van der Waals surface area (Å²) in [7, 11) is 3.92. The number of fused-ring (bicyclic) bond motifs is 1. The van der Waals surface area contributed by atoms with Crippen LogP contribution in [0, 0.1) is 17.7 Å². The molecule has 2 aromatic carbocycles. The van der Waals surface area contributed by atoms with Crippen LogP contribution in [0.5, 0.6) is 0 Å². The molecule has 166 valence electrons. The van der Waals surface area contributed by atoms with E-state index in [9.17, 15) is 19.1 Å². The molecule has 0 spiro atoms. The Morgan fingerprint density at radius 1 is 1.22 bits per heavy atom. The second-order valence-corrected chi connectivity index (χ2v) is 8.50. The van der Waals surface area contributed by atoms with Crippen LogP contribution in [0.3, 0.4) is 0 Å². The first-order chi connectivity index (χ1) is 15.4. The highest BCUT2D eigenvalue weighted by Crippen LogP contribution is 2.43. The Balaban J connectivity index is 1.53. The van der Waals surface area contributed by atoms with Gasteiger partial charge in [0.15, 0.2) is 0 Å². The second kappa shape index (κ2) is 9.11. The van der Waals surface area contributed by atoms with E-state index in [1.165, 1.54) is 23.1 Å². The number of hydrogen-bond donors (Lipinski definition) is 1. The number of carbonyl (C=O) groups excluding carboxylic acids is 2. The average molecular weight is 435 g/mol. The lowest BCUT2D eigenvalue weighted by atomic mass is 9.73. The first kappa shape index (κ1) is 22.0. The first-order valence-corrected chi connectivity index (χ1v) is 10.6. The Labute approximate surface area is 187 Å². The highest BCUT2D eigenvalue weighted by atomic mass is 19.1. The molecule has 0 aromatic heterocycles. The second-order valence-electron chi connectivity index (χ2n) is 8.50. The number of carbonyl (C=O) groups is 2. The van der Waals surface area contributed by atoms with E-state index in [-0.39, 0.29) is 48.5 Å². The number of halogens is 1. The third-order valence-corrected chi connectivity index (χ3v) is 6.03. The monoisotopic (exact) mass is 435 g/mol. The topological polar surface area (TPSA) is 64.1 Å². The van der Waals surface area contributed by atoms with E-state index in [1.54, 1.807) is 11.0 Å². The summed E-state index contributed by atoms with van der Waals surface area (Å²) in [5, 5.41) is 9.94. The number of nitrogens with zero attached hydrogens (tertiary/aromatic N) is 3. The fourth-order valence-electron chi connectivity index (χ4n) is 4.55. The van der Waals surface area contributed by atoms with Gasteiger partial charge in [-0.3, -0.25) is 14.5 Å². The largest absolute Gasteiger partial charge is 0.394 e. The van der Waals surface area contributed by atoms with Crippen LogP contribution in [-0.2, 0) is 4.79 Å². The van der Waals surface area contributed by atoms with Crippen LogP contribution >= 0.6 is 0 Å². The van der Waals surface area contributed by atoms with E-state index in [0.717, 1.165) is 11.1 Å². The SMILES string of the molecule is CN(C)CC#Cc1ccc([C@H]2[C@@H](CO)N3C(=O)CN(C(=O)c4cccc(F)c4)C[C@H]23)cc1. The number of amides is 2. The van der Waals surface area contributed by atoms with Crippen LogP contribution in [0.15, 0.2) is 48.5 Å². The van der Waals surface area contributed by atoms with Crippen LogP contribution in [0.2, 0.25) is 0 Å². The van der Waals surface area contributed by atoms with E-state index in [0.29, 0.717) is 13.1 Å². The van der Waals surface area contributed by atoms with Crippen molar-refractivity contribution in [1.29, 1.82) is 0 Å². The van der Waals surface area contributed by atoms with E-state index in [4.69, 9.17) is 0 Å². The number of benzene rings is 2. The fourth-order valence-corrected chi connectivity index (χ4v) is 4.55. The molecule has 2 saturated heterocycles. The van der Waals surface area contributed by atoms with Gasteiger partial charge in [-0.1, -0.05) is 30.0 Å². The van der Waals surface area contributed by atoms with Crippen molar-refractivity contribution in [2.45, 2.75) is 18.0 Å². The highest BCUT2D eigenvalue weighted by molar-refractivity contribution is 5.97. The number of hydrogen-bond acceptors (Lipinski definition) is 4. The van der Waals surface area contributed by atoms with E-state index in [2.05, 4.69) is 11.8 Å². The molecule has 6 nitrogen and oxygen atoms in total. The maximum atomic E-state index is 13.6.